The van der Waals surface area contributed by atoms with Gasteiger partial charge >= 0.3 is 0 Å². The Balaban J connectivity index is 0.933. The smallest absolute Gasteiger partial charge is 0.249 e. The normalized spacial score (nSPS) is 18.8. The van der Waals surface area contributed by atoms with Crippen molar-refractivity contribution in [2.24, 2.45) is 4.99 Å². The predicted molar refractivity (Wildman–Crippen MR) is 204 cm³/mol. The van der Waals surface area contributed by atoms with Crippen molar-refractivity contribution < 1.29 is 19.2 Å². The fraction of sp³-hybridized carbons (Fsp3) is 0.395. The lowest BCUT2D eigenvalue weighted by atomic mass is 9.99. The third-order valence-corrected chi connectivity index (χ3v) is 11.5. The van der Waals surface area contributed by atoms with Gasteiger partial charge in [-0.15, -0.1) is 21.5 Å². The van der Waals surface area contributed by atoms with E-state index in [1.165, 1.54) is 4.88 Å². The van der Waals surface area contributed by atoms with Crippen molar-refractivity contribution in [2.45, 2.75) is 58.5 Å². The van der Waals surface area contributed by atoms with E-state index in [9.17, 15) is 19.2 Å². The average Bonchev–Trinajstić information content (AvgIpc) is 3.61. The molecule has 0 bridgehead atoms. The molecule has 0 radical (unpaired) electrons. The molecule has 0 aliphatic carbocycles. The van der Waals surface area contributed by atoms with Gasteiger partial charge in [0.2, 0.25) is 23.6 Å². The fourth-order valence-electron chi connectivity index (χ4n) is 7.09. The van der Waals surface area contributed by atoms with Gasteiger partial charge < -0.3 is 15.5 Å². The van der Waals surface area contributed by atoms with E-state index < -0.39 is 18.0 Å². The molecule has 276 valence electrons. The number of aryl methyl sites for hydroxylation is 2. The van der Waals surface area contributed by atoms with Crippen molar-refractivity contribution in [1.82, 2.24) is 35.6 Å². The summed E-state index contributed by atoms with van der Waals surface area (Å²) in [5.74, 6) is 0.280. The first-order chi connectivity index (χ1) is 25.5. The van der Waals surface area contributed by atoms with Crippen molar-refractivity contribution in [2.75, 3.05) is 44.2 Å². The molecule has 2 fully saturated rings. The summed E-state index contributed by atoms with van der Waals surface area (Å²) in [6.45, 7) is 10.6. The number of halogens is 1. The number of aliphatic imine (C=N–C) groups is 1. The summed E-state index contributed by atoms with van der Waals surface area (Å²) in [4.78, 5) is 60.6. The van der Waals surface area contributed by atoms with E-state index in [4.69, 9.17) is 16.6 Å². The number of anilines is 1. The zero-order valence-corrected chi connectivity index (χ0v) is 31.5. The van der Waals surface area contributed by atoms with Crippen LogP contribution in [0, 0.1) is 20.8 Å². The third-order valence-electron chi connectivity index (χ3n) is 10.1. The third kappa shape index (κ3) is 8.04. The number of fused-ring (bicyclic) bond motifs is 3. The van der Waals surface area contributed by atoms with E-state index in [0.717, 1.165) is 77.2 Å². The summed E-state index contributed by atoms with van der Waals surface area (Å²) in [6.07, 6.45) is 0.808. The van der Waals surface area contributed by atoms with Crippen LogP contribution in [-0.4, -0.2) is 94.3 Å². The second-order valence-corrected chi connectivity index (χ2v) is 15.3. The maximum atomic E-state index is 13.4. The van der Waals surface area contributed by atoms with E-state index in [2.05, 4.69) is 54.4 Å². The molecule has 1 unspecified atom stereocenters. The molecule has 2 aromatic carbocycles. The number of rotatable bonds is 10. The van der Waals surface area contributed by atoms with E-state index >= 15 is 0 Å². The maximum absolute atomic E-state index is 13.4. The van der Waals surface area contributed by atoms with Crippen LogP contribution in [0.5, 0.6) is 0 Å². The van der Waals surface area contributed by atoms with Crippen molar-refractivity contribution in [3.63, 3.8) is 0 Å². The van der Waals surface area contributed by atoms with Crippen LogP contribution >= 0.6 is 22.9 Å². The summed E-state index contributed by atoms with van der Waals surface area (Å²) in [5, 5.41) is 18.7. The van der Waals surface area contributed by atoms with Gasteiger partial charge in [0.15, 0.2) is 5.82 Å². The Morgan fingerprint density at radius 1 is 1.00 bits per heavy atom. The minimum atomic E-state index is -0.686. The average molecular weight is 756 g/mol. The molecule has 15 heteroatoms. The second kappa shape index (κ2) is 15.6. The number of carbonyl (C=O) groups is 4. The van der Waals surface area contributed by atoms with E-state index in [1.54, 1.807) is 11.3 Å². The van der Waals surface area contributed by atoms with E-state index in [1.807, 2.05) is 55.5 Å². The highest BCUT2D eigenvalue weighted by atomic mass is 35.5. The molecular weight excluding hydrogens is 714 g/mol. The minimum Gasteiger partial charge on any atom is -0.369 e. The summed E-state index contributed by atoms with van der Waals surface area (Å²) in [7, 11) is 0. The van der Waals surface area contributed by atoms with Crippen LogP contribution in [0.1, 0.15) is 64.1 Å². The second-order valence-electron chi connectivity index (χ2n) is 13.7. The monoisotopic (exact) mass is 755 g/mol. The highest BCUT2D eigenvalue weighted by Crippen LogP contribution is 2.39. The minimum absolute atomic E-state index is 0.100. The van der Waals surface area contributed by atoms with Gasteiger partial charge in [-0.1, -0.05) is 35.9 Å². The number of aromatic nitrogens is 3. The summed E-state index contributed by atoms with van der Waals surface area (Å²) in [5.41, 5.74) is 5.81. The van der Waals surface area contributed by atoms with Gasteiger partial charge in [-0.2, -0.15) is 0 Å². The number of piperazine rings is 1. The number of benzene rings is 2. The van der Waals surface area contributed by atoms with Crippen LogP contribution in [-0.2, 0) is 25.6 Å². The molecule has 5 heterocycles. The Morgan fingerprint density at radius 2 is 1.77 bits per heavy atom. The SMILES string of the molecule is Cc1sc2c(c1C)C(c1ccc(Cl)cc1)=N[C@@H](CC(=O)NCCN1CCN(c3cccc(CC(=O)NC4CCC(=O)NC4=O)c3)CC1)c1nnc(C)n1-2. The standard InChI is InChI=1S/C38H42ClN9O4S/c1-22-23(2)53-38-34(22)35(26-7-9-27(39)10-8-26)42-30(36-45-44-24(3)48(36)38)21-32(50)40-13-14-46-15-17-47(18-16-46)28-6-4-5-25(19-28)20-33(51)41-29-11-12-31(49)43-37(29)52/h4-10,19,29-30H,11-18,20-21H2,1-3H3,(H,40,50)(H,41,51)(H,43,49,52)/t29?,30-/m0/s1. The molecular formula is C38H42ClN9O4S. The number of carbonyl (C=O) groups excluding carboxylic acids is 4. The van der Waals surface area contributed by atoms with Crippen LogP contribution in [0.3, 0.4) is 0 Å². The molecule has 7 rings (SSSR count). The van der Waals surface area contributed by atoms with Gasteiger partial charge in [0.05, 0.1) is 18.6 Å². The summed E-state index contributed by atoms with van der Waals surface area (Å²) < 4.78 is 2.05. The topological polar surface area (TPSA) is 154 Å². The zero-order chi connectivity index (χ0) is 37.2. The number of thiophene rings is 1. The molecule has 2 aromatic heterocycles. The lowest BCUT2D eigenvalue weighted by Crippen LogP contribution is -2.52. The quantitative estimate of drug-likeness (QED) is 0.208. The first-order valence-corrected chi connectivity index (χ1v) is 19.1. The zero-order valence-electron chi connectivity index (χ0n) is 29.9. The van der Waals surface area contributed by atoms with Crippen LogP contribution in [0.4, 0.5) is 5.69 Å². The molecule has 13 nitrogen and oxygen atoms in total. The number of hydrogen-bond donors (Lipinski definition) is 3. The summed E-state index contributed by atoms with van der Waals surface area (Å²) >= 11 is 7.92. The number of nitrogens with one attached hydrogen (secondary N) is 3. The van der Waals surface area contributed by atoms with Gasteiger partial charge in [-0.05, 0) is 62.6 Å². The molecule has 3 aliphatic heterocycles. The van der Waals surface area contributed by atoms with Crippen LogP contribution < -0.4 is 20.9 Å². The maximum Gasteiger partial charge on any atom is 0.249 e. The fourth-order valence-corrected chi connectivity index (χ4v) is 8.43. The van der Waals surface area contributed by atoms with Crippen molar-refractivity contribution in [3.05, 3.63) is 92.3 Å². The lowest BCUT2D eigenvalue weighted by molar-refractivity contribution is -0.137. The Hall–Kier alpha value is -4.92. The van der Waals surface area contributed by atoms with Gasteiger partial charge in [0, 0.05) is 72.4 Å². The Kier molecular flexibility index (Phi) is 10.7. The lowest BCUT2D eigenvalue weighted by Gasteiger charge is -2.36. The Morgan fingerprint density at radius 3 is 2.53 bits per heavy atom. The molecule has 3 aliphatic rings. The van der Waals surface area contributed by atoms with Gasteiger partial charge in [-0.25, -0.2) is 0 Å². The number of hydrogen-bond acceptors (Lipinski definition) is 10. The van der Waals surface area contributed by atoms with Crippen molar-refractivity contribution in [3.8, 4) is 5.00 Å². The number of piperidine rings is 1. The van der Waals surface area contributed by atoms with Crippen LogP contribution in [0.15, 0.2) is 53.5 Å². The van der Waals surface area contributed by atoms with Gasteiger partial charge in [0.1, 0.15) is 22.9 Å². The molecule has 2 saturated heterocycles. The number of amides is 4. The first kappa shape index (κ1) is 36.4. The van der Waals surface area contributed by atoms with Crippen LogP contribution in [0.25, 0.3) is 5.00 Å². The molecule has 0 spiro atoms. The number of imide groups is 1. The molecule has 53 heavy (non-hydrogen) atoms. The molecule has 4 aromatic rings. The largest absolute Gasteiger partial charge is 0.369 e. The number of nitrogens with zero attached hydrogens (tertiary/aromatic N) is 6. The molecule has 4 amide bonds. The highest BCUT2D eigenvalue weighted by Gasteiger charge is 2.33. The van der Waals surface area contributed by atoms with Gasteiger partial charge in [-0.3, -0.25) is 39.0 Å². The van der Waals surface area contributed by atoms with Crippen LogP contribution in [0.2, 0.25) is 5.02 Å². The molecule has 2 atom stereocenters. The first-order valence-electron chi connectivity index (χ1n) is 17.9. The van der Waals surface area contributed by atoms with Crippen molar-refractivity contribution >= 4 is 58.0 Å². The van der Waals surface area contributed by atoms with Crippen molar-refractivity contribution in [1.29, 1.82) is 0 Å². The Bertz CT molecular complexity index is 2080. The van der Waals surface area contributed by atoms with E-state index in [-0.39, 0.29) is 37.0 Å². The highest BCUT2D eigenvalue weighted by molar-refractivity contribution is 7.15. The molecule has 3 N–H and O–H groups in total. The summed E-state index contributed by atoms with van der Waals surface area (Å²) in [6, 6.07) is 14.3. The predicted octanol–water partition coefficient (Wildman–Crippen LogP) is 3.59. The molecule has 0 saturated carbocycles. The Labute approximate surface area is 316 Å². The van der Waals surface area contributed by atoms with E-state index in [0.29, 0.717) is 23.8 Å². The van der Waals surface area contributed by atoms with Gasteiger partial charge in [0.25, 0.3) is 0 Å².